The second-order valence-electron chi connectivity index (χ2n) is 5.39. The van der Waals surface area contributed by atoms with E-state index in [0.717, 1.165) is 25.8 Å². The lowest BCUT2D eigenvalue weighted by molar-refractivity contribution is -0.137. The summed E-state index contributed by atoms with van der Waals surface area (Å²) < 4.78 is 2.35. The number of hydrogen-bond donors (Lipinski definition) is 1. The van der Waals surface area contributed by atoms with Crippen LogP contribution in [-0.2, 0) is 11.3 Å². The Morgan fingerprint density at radius 2 is 1.43 bits per heavy atom. The van der Waals surface area contributed by atoms with E-state index in [1.807, 2.05) is 0 Å². The van der Waals surface area contributed by atoms with Crippen molar-refractivity contribution in [1.82, 2.24) is 4.57 Å². The fourth-order valence-electron chi connectivity index (χ4n) is 2.97. The SMILES string of the molecule is O=C(O)CCCCCn1c2ccccc2c2ccccc21. The van der Waals surface area contributed by atoms with E-state index in [2.05, 4.69) is 53.1 Å². The number of carboxylic acid groups (broad SMARTS) is 1. The second-order valence-corrected chi connectivity index (χ2v) is 5.39. The van der Waals surface area contributed by atoms with Crippen molar-refractivity contribution in [2.75, 3.05) is 0 Å². The van der Waals surface area contributed by atoms with E-state index in [1.54, 1.807) is 0 Å². The quantitative estimate of drug-likeness (QED) is 0.679. The van der Waals surface area contributed by atoms with Crippen LogP contribution in [0.4, 0.5) is 0 Å². The third-order valence-corrected chi connectivity index (χ3v) is 3.95. The maximum atomic E-state index is 10.5. The number of aliphatic carboxylic acids is 1. The molecule has 0 fully saturated rings. The molecule has 108 valence electrons. The molecule has 0 spiro atoms. The van der Waals surface area contributed by atoms with Crippen molar-refractivity contribution < 1.29 is 9.90 Å². The van der Waals surface area contributed by atoms with E-state index in [1.165, 1.54) is 21.8 Å². The number of fused-ring (bicyclic) bond motifs is 3. The second kappa shape index (κ2) is 6.00. The van der Waals surface area contributed by atoms with E-state index in [-0.39, 0.29) is 6.42 Å². The minimum atomic E-state index is -0.702. The Morgan fingerprint density at radius 3 is 2.00 bits per heavy atom. The molecule has 0 aliphatic rings. The predicted molar refractivity (Wildman–Crippen MR) is 85.5 cm³/mol. The average Bonchev–Trinajstić information content (AvgIpc) is 2.81. The van der Waals surface area contributed by atoms with Crippen molar-refractivity contribution >= 4 is 27.8 Å². The molecule has 3 rings (SSSR count). The van der Waals surface area contributed by atoms with Crippen LogP contribution in [0.3, 0.4) is 0 Å². The molecule has 0 saturated heterocycles. The van der Waals surface area contributed by atoms with Gasteiger partial charge in [-0.2, -0.15) is 0 Å². The summed E-state index contributed by atoms with van der Waals surface area (Å²) in [6, 6.07) is 16.9. The molecule has 0 atom stereocenters. The normalized spacial score (nSPS) is 11.2. The van der Waals surface area contributed by atoms with Crippen molar-refractivity contribution in [2.24, 2.45) is 0 Å². The van der Waals surface area contributed by atoms with Crippen molar-refractivity contribution in [3.05, 3.63) is 48.5 Å². The van der Waals surface area contributed by atoms with Crippen molar-refractivity contribution in [3.8, 4) is 0 Å². The summed E-state index contributed by atoms with van der Waals surface area (Å²) in [4.78, 5) is 10.5. The Morgan fingerprint density at radius 1 is 0.857 bits per heavy atom. The lowest BCUT2D eigenvalue weighted by atomic mass is 10.2. The predicted octanol–water partition coefficient (Wildman–Crippen LogP) is 4.44. The van der Waals surface area contributed by atoms with Gasteiger partial charge in [-0.15, -0.1) is 0 Å². The van der Waals surface area contributed by atoms with Crippen LogP contribution in [0.5, 0.6) is 0 Å². The molecule has 1 heterocycles. The van der Waals surface area contributed by atoms with Gasteiger partial charge in [0.05, 0.1) is 0 Å². The molecule has 0 saturated carbocycles. The molecule has 3 heteroatoms. The first-order valence-electron chi connectivity index (χ1n) is 7.45. The van der Waals surface area contributed by atoms with E-state index < -0.39 is 5.97 Å². The Kier molecular flexibility index (Phi) is 3.91. The number of rotatable bonds is 6. The monoisotopic (exact) mass is 281 g/mol. The highest BCUT2D eigenvalue weighted by atomic mass is 16.4. The van der Waals surface area contributed by atoms with Crippen LogP contribution in [-0.4, -0.2) is 15.6 Å². The number of nitrogens with zero attached hydrogens (tertiary/aromatic N) is 1. The zero-order valence-electron chi connectivity index (χ0n) is 12.0. The summed E-state index contributed by atoms with van der Waals surface area (Å²) in [5.74, 6) is -0.702. The summed E-state index contributed by atoms with van der Waals surface area (Å²) in [5, 5.41) is 11.3. The first kappa shape index (κ1) is 13.7. The average molecular weight is 281 g/mol. The van der Waals surface area contributed by atoms with Crippen LogP contribution in [0.15, 0.2) is 48.5 Å². The molecular formula is C18H19NO2. The first-order valence-corrected chi connectivity index (χ1v) is 7.45. The van der Waals surface area contributed by atoms with E-state index in [0.29, 0.717) is 0 Å². The zero-order valence-corrected chi connectivity index (χ0v) is 12.0. The van der Waals surface area contributed by atoms with Gasteiger partial charge in [-0.25, -0.2) is 0 Å². The van der Waals surface area contributed by atoms with Crippen LogP contribution in [0.1, 0.15) is 25.7 Å². The topological polar surface area (TPSA) is 42.2 Å². The highest BCUT2D eigenvalue weighted by Gasteiger charge is 2.08. The summed E-state index contributed by atoms with van der Waals surface area (Å²) in [6.07, 6.45) is 2.99. The fraction of sp³-hybridized carbons (Fsp3) is 0.278. The minimum Gasteiger partial charge on any atom is -0.481 e. The number of unbranched alkanes of at least 4 members (excludes halogenated alkanes) is 2. The van der Waals surface area contributed by atoms with Gasteiger partial charge in [-0.1, -0.05) is 42.8 Å². The number of carboxylic acids is 1. The van der Waals surface area contributed by atoms with Crippen LogP contribution in [0.25, 0.3) is 21.8 Å². The van der Waals surface area contributed by atoms with Crippen LogP contribution < -0.4 is 0 Å². The molecule has 0 bridgehead atoms. The summed E-state index contributed by atoms with van der Waals surface area (Å²) >= 11 is 0. The van der Waals surface area contributed by atoms with Gasteiger partial charge in [0, 0.05) is 34.8 Å². The zero-order chi connectivity index (χ0) is 14.7. The largest absolute Gasteiger partial charge is 0.481 e. The Hall–Kier alpha value is -2.29. The van der Waals surface area contributed by atoms with E-state index in [9.17, 15) is 4.79 Å². The van der Waals surface area contributed by atoms with Gasteiger partial charge in [-0.05, 0) is 25.0 Å². The molecule has 3 aromatic rings. The van der Waals surface area contributed by atoms with Gasteiger partial charge in [-0.3, -0.25) is 4.79 Å². The van der Waals surface area contributed by atoms with Crippen molar-refractivity contribution in [1.29, 1.82) is 0 Å². The Balaban J connectivity index is 1.84. The van der Waals surface area contributed by atoms with Gasteiger partial charge in [0.1, 0.15) is 0 Å². The summed E-state index contributed by atoms with van der Waals surface area (Å²) in [7, 11) is 0. The highest BCUT2D eigenvalue weighted by molar-refractivity contribution is 6.07. The number of aryl methyl sites for hydroxylation is 1. The molecule has 21 heavy (non-hydrogen) atoms. The first-order chi connectivity index (χ1) is 10.3. The number of hydrogen-bond acceptors (Lipinski definition) is 1. The lowest BCUT2D eigenvalue weighted by Gasteiger charge is -2.07. The molecule has 1 aromatic heterocycles. The molecule has 2 aromatic carbocycles. The van der Waals surface area contributed by atoms with Gasteiger partial charge >= 0.3 is 5.97 Å². The van der Waals surface area contributed by atoms with Crippen LogP contribution in [0, 0.1) is 0 Å². The number of benzene rings is 2. The number of aromatic nitrogens is 1. The van der Waals surface area contributed by atoms with Crippen LogP contribution >= 0.6 is 0 Å². The molecule has 1 N–H and O–H groups in total. The van der Waals surface area contributed by atoms with Crippen molar-refractivity contribution in [2.45, 2.75) is 32.2 Å². The maximum Gasteiger partial charge on any atom is 0.303 e. The number of carbonyl (C=O) groups is 1. The molecule has 0 unspecified atom stereocenters. The van der Waals surface area contributed by atoms with E-state index in [4.69, 9.17) is 5.11 Å². The number of para-hydroxylation sites is 2. The molecule has 3 nitrogen and oxygen atoms in total. The Labute approximate surface area is 123 Å². The summed E-state index contributed by atoms with van der Waals surface area (Å²) in [6.45, 7) is 0.938. The molecular weight excluding hydrogens is 262 g/mol. The molecule has 0 radical (unpaired) electrons. The van der Waals surface area contributed by atoms with Gasteiger partial charge in [0.25, 0.3) is 0 Å². The summed E-state index contributed by atoms with van der Waals surface area (Å²) in [5.41, 5.74) is 2.52. The molecule has 0 aliphatic heterocycles. The molecule has 0 aliphatic carbocycles. The molecule has 0 amide bonds. The minimum absolute atomic E-state index is 0.271. The van der Waals surface area contributed by atoms with Gasteiger partial charge < -0.3 is 9.67 Å². The van der Waals surface area contributed by atoms with Crippen LogP contribution in [0.2, 0.25) is 0 Å². The third-order valence-electron chi connectivity index (χ3n) is 3.95. The van der Waals surface area contributed by atoms with Gasteiger partial charge in [0.15, 0.2) is 0 Å². The standard InChI is InChI=1S/C18H19NO2/c20-18(21)12-2-1-7-13-19-16-10-5-3-8-14(16)15-9-4-6-11-17(15)19/h3-6,8-11H,1-2,7,12-13H2,(H,20,21). The smallest absolute Gasteiger partial charge is 0.303 e. The highest BCUT2D eigenvalue weighted by Crippen LogP contribution is 2.29. The lowest BCUT2D eigenvalue weighted by Crippen LogP contribution is -1.99. The van der Waals surface area contributed by atoms with E-state index >= 15 is 0 Å². The Bertz CT molecular complexity index is 720. The van der Waals surface area contributed by atoms with Crippen molar-refractivity contribution in [3.63, 3.8) is 0 Å². The van der Waals surface area contributed by atoms with Gasteiger partial charge in [0.2, 0.25) is 0 Å². The third kappa shape index (κ3) is 2.77. The fourth-order valence-corrected chi connectivity index (χ4v) is 2.97. The maximum absolute atomic E-state index is 10.5.